The van der Waals surface area contributed by atoms with Crippen molar-refractivity contribution in [3.8, 4) is 0 Å². The molecular weight excluding hydrogens is 262 g/mol. The molecule has 1 heterocycles. The van der Waals surface area contributed by atoms with Crippen LogP contribution in [0, 0.1) is 11.8 Å². The van der Waals surface area contributed by atoms with Crippen LogP contribution >= 0.6 is 11.3 Å². The molecule has 108 valence electrons. The molecule has 1 atom stereocenters. The van der Waals surface area contributed by atoms with Crippen molar-refractivity contribution in [1.82, 2.24) is 4.98 Å². The molecule has 3 N–H and O–H groups in total. The van der Waals surface area contributed by atoms with Gasteiger partial charge < -0.3 is 15.7 Å². The van der Waals surface area contributed by atoms with E-state index < -0.39 is 12.0 Å². The summed E-state index contributed by atoms with van der Waals surface area (Å²) in [6.07, 6.45) is 0. The summed E-state index contributed by atoms with van der Waals surface area (Å²) in [6, 6.07) is -1.04. The standard InChI is InChI=1S/C13H23N3O2S/c1-8(2)5-16(6-9(3)4)13-15-10(7-19-13)11(14)12(17)18/h7-9,11H,5-6,14H2,1-4H3,(H,17,18). The van der Waals surface area contributed by atoms with Gasteiger partial charge in [-0.1, -0.05) is 27.7 Å². The summed E-state index contributed by atoms with van der Waals surface area (Å²) in [6.45, 7) is 10.5. The molecule has 0 bridgehead atoms. The minimum Gasteiger partial charge on any atom is -0.480 e. The Hall–Kier alpha value is -1.14. The van der Waals surface area contributed by atoms with Crippen LogP contribution in [0.5, 0.6) is 0 Å². The van der Waals surface area contributed by atoms with Crippen LogP contribution in [0.1, 0.15) is 39.4 Å². The predicted octanol–water partition coefficient (Wildman–Crippen LogP) is 2.35. The third-order valence-corrected chi connectivity index (χ3v) is 3.46. The quantitative estimate of drug-likeness (QED) is 0.804. The Morgan fingerprint density at radius 3 is 2.32 bits per heavy atom. The van der Waals surface area contributed by atoms with Gasteiger partial charge in [0.25, 0.3) is 0 Å². The van der Waals surface area contributed by atoms with E-state index in [1.807, 2.05) is 0 Å². The van der Waals surface area contributed by atoms with Gasteiger partial charge in [-0.3, -0.25) is 4.79 Å². The van der Waals surface area contributed by atoms with E-state index in [1.54, 1.807) is 5.38 Å². The van der Waals surface area contributed by atoms with Crippen molar-refractivity contribution >= 4 is 22.4 Å². The van der Waals surface area contributed by atoms with Gasteiger partial charge >= 0.3 is 5.97 Å². The van der Waals surface area contributed by atoms with Crippen LogP contribution in [-0.4, -0.2) is 29.1 Å². The SMILES string of the molecule is CC(C)CN(CC(C)C)c1nc(C(N)C(=O)O)cs1. The minimum atomic E-state index is -1.05. The Morgan fingerprint density at radius 1 is 1.37 bits per heavy atom. The number of carbonyl (C=O) groups is 1. The Balaban J connectivity index is 2.87. The zero-order chi connectivity index (χ0) is 14.6. The smallest absolute Gasteiger partial charge is 0.326 e. The van der Waals surface area contributed by atoms with E-state index in [1.165, 1.54) is 11.3 Å². The number of aliphatic carboxylic acids is 1. The first-order valence-electron chi connectivity index (χ1n) is 6.50. The maximum absolute atomic E-state index is 10.9. The van der Waals surface area contributed by atoms with Crippen LogP contribution in [0.2, 0.25) is 0 Å². The van der Waals surface area contributed by atoms with Gasteiger partial charge in [0.2, 0.25) is 0 Å². The minimum absolute atomic E-state index is 0.435. The third kappa shape index (κ3) is 4.80. The van der Waals surface area contributed by atoms with E-state index >= 15 is 0 Å². The first-order valence-corrected chi connectivity index (χ1v) is 7.38. The number of hydrogen-bond acceptors (Lipinski definition) is 5. The fourth-order valence-electron chi connectivity index (χ4n) is 1.80. The molecule has 0 saturated carbocycles. The highest BCUT2D eigenvalue weighted by Crippen LogP contribution is 2.25. The number of aromatic nitrogens is 1. The molecule has 1 aromatic heterocycles. The number of nitrogens with two attached hydrogens (primary N) is 1. The molecule has 5 nitrogen and oxygen atoms in total. The molecule has 0 fully saturated rings. The molecule has 0 spiro atoms. The zero-order valence-electron chi connectivity index (χ0n) is 12.0. The lowest BCUT2D eigenvalue weighted by Crippen LogP contribution is -2.31. The average molecular weight is 285 g/mol. The molecule has 1 aromatic rings. The predicted molar refractivity (Wildman–Crippen MR) is 78.6 cm³/mol. The Labute approximate surface area is 118 Å². The Bertz CT molecular complexity index is 408. The van der Waals surface area contributed by atoms with E-state index in [2.05, 4.69) is 37.6 Å². The van der Waals surface area contributed by atoms with Crippen LogP contribution in [0.4, 0.5) is 5.13 Å². The van der Waals surface area contributed by atoms with Crippen molar-refractivity contribution < 1.29 is 9.90 Å². The summed E-state index contributed by atoms with van der Waals surface area (Å²) in [5.74, 6) is 0.00890. The van der Waals surface area contributed by atoms with E-state index in [4.69, 9.17) is 10.8 Å². The number of carboxylic acid groups (broad SMARTS) is 1. The molecule has 19 heavy (non-hydrogen) atoms. The largest absolute Gasteiger partial charge is 0.480 e. The molecule has 0 amide bonds. The first-order chi connectivity index (χ1) is 8.81. The monoisotopic (exact) mass is 285 g/mol. The highest BCUT2D eigenvalue weighted by Gasteiger charge is 2.20. The van der Waals surface area contributed by atoms with Gasteiger partial charge in [0.15, 0.2) is 5.13 Å². The van der Waals surface area contributed by atoms with Crippen LogP contribution in [0.25, 0.3) is 0 Å². The third-order valence-electron chi connectivity index (χ3n) is 2.54. The normalized spacial score (nSPS) is 13.0. The van der Waals surface area contributed by atoms with Crippen molar-refractivity contribution in [2.75, 3.05) is 18.0 Å². The molecule has 0 saturated heterocycles. The summed E-state index contributed by atoms with van der Waals surface area (Å²) >= 11 is 1.46. The Morgan fingerprint density at radius 2 is 1.89 bits per heavy atom. The molecule has 0 aromatic carbocycles. The number of hydrogen-bond donors (Lipinski definition) is 2. The number of anilines is 1. The van der Waals surface area contributed by atoms with E-state index in [9.17, 15) is 4.79 Å². The second kappa shape index (κ2) is 6.86. The van der Waals surface area contributed by atoms with E-state index in [0.717, 1.165) is 18.2 Å². The van der Waals surface area contributed by atoms with Crippen molar-refractivity contribution in [3.63, 3.8) is 0 Å². The number of thiazole rings is 1. The van der Waals surface area contributed by atoms with Gasteiger partial charge in [-0.15, -0.1) is 11.3 Å². The zero-order valence-corrected chi connectivity index (χ0v) is 12.8. The maximum Gasteiger partial charge on any atom is 0.326 e. The molecule has 0 aliphatic carbocycles. The van der Waals surface area contributed by atoms with E-state index in [0.29, 0.717) is 17.5 Å². The number of rotatable bonds is 7. The van der Waals surface area contributed by atoms with Crippen LogP contribution in [-0.2, 0) is 4.79 Å². The second-order valence-electron chi connectivity index (χ2n) is 5.56. The van der Waals surface area contributed by atoms with Gasteiger partial charge in [-0.25, -0.2) is 4.98 Å². The number of carboxylic acids is 1. The fraction of sp³-hybridized carbons (Fsp3) is 0.692. The molecule has 0 radical (unpaired) electrons. The number of nitrogens with zero attached hydrogens (tertiary/aromatic N) is 2. The molecule has 0 aliphatic rings. The van der Waals surface area contributed by atoms with Gasteiger partial charge in [-0.2, -0.15) is 0 Å². The van der Waals surface area contributed by atoms with Gasteiger partial charge in [0, 0.05) is 18.5 Å². The Kier molecular flexibility index (Phi) is 5.75. The fourth-order valence-corrected chi connectivity index (χ4v) is 2.68. The average Bonchev–Trinajstić information content (AvgIpc) is 2.74. The lowest BCUT2D eigenvalue weighted by atomic mass is 10.1. The topological polar surface area (TPSA) is 79.5 Å². The molecule has 1 unspecified atom stereocenters. The summed E-state index contributed by atoms with van der Waals surface area (Å²) < 4.78 is 0. The van der Waals surface area contributed by atoms with Crippen LogP contribution in [0.15, 0.2) is 5.38 Å². The van der Waals surface area contributed by atoms with Crippen molar-refractivity contribution in [2.45, 2.75) is 33.7 Å². The van der Waals surface area contributed by atoms with Gasteiger partial charge in [0.05, 0.1) is 5.69 Å². The lowest BCUT2D eigenvalue weighted by molar-refractivity contribution is -0.138. The van der Waals surface area contributed by atoms with Crippen molar-refractivity contribution in [1.29, 1.82) is 0 Å². The maximum atomic E-state index is 10.9. The summed E-state index contributed by atoms with van der Waals surface area (Å²) in [5.41, 5.74) is 6.02. The van der Waals surface area contributed by atoms with Crippen LogP contribution in [0.3, 0.4) is 0 Å². The van der Waals surface area contributed by atoms with Gasteiger partial charge in [0.1, 0.15) is 6.04 Å². The summed E-state index contributed by atoms with van der Waals surface area (Å²) in [4.78, 5) is 17.4. The van der Waals surface area contributed by atoms with Gasteiger partial charge in [-0.05, 0) is 11.8 Å². The highest BCUT2D eigenvalue weighted by molar-refractivity contribution is 7.13. The van der Waals surface area contributed by atoms with Crippen molar-refractivity contribution in [3.05, 3.63) is 11.1 Å². The van der Waals surface area contributed by atoms with E-state index in [-0.39, 0.29) is 0 Å². The molecule has 0 aliphatic heterocycles. The molecule has 1 rings (SSSR count). The van der Waals surface area contributed by atoms with Crippen LogP contribution < -0.4 is 10.6 Å². The molecular formula is C13H23N3O2S. The highest BCUT2D eigenvalue weighted by atomic mass is 32.1. The summed E-state index contributed by atoms with van der Waals surface area (Å²) in [5, 5.41) is 11.5. The molecule has 6 heteroatoms. The second-order valence-corrected chi connectivity index (χ2v) is 6.40. The lowest BCUT2D eigenvalue weighted by Gasteiger charge is -2.25. The summed E-state index contributed by atoms with van der Waals surface area (Å²) in [7, 11) is 0. The first kappa shape index (κ1) is 15.9. The van der Waals surface area contributed by atoms with Crippen molar-refractivity contribution in [2.24, 2.45) is 17.6 Å².